The maximum atomic E-state index is 12.6. The highest BCUT2D eigenvalue weighted by Gasteiger charge is 2.37. The molecular formula is C24H25BrClN3O2S. The Morgan fingerprint density at radius 2 is 1.84 bits per heavy atom. The van der Waals surface area contributed by atoms with Gasteiger partial charge in [-0.3, -0.25) is 9.79 Å². The quantitative estimate of drug-likeness (QED) is 0.462. The van der Waals surface area contributed by atoms with E-state index >= 15 is 0 Å². The molecule has 1 aliphatic carbocycles. The van der Waals surface area contributed by atoms with Crippen molar-refractivity contribution in [3.8, 4) is 5.75 Å². The number of benzene rings is 2. The van der Waals surface area contributed by atoms with Gasteiger partial charge in [-0.1, -0.05) is 64.3 Å². The SMILES string of the molecule is COc1ccc(NC(=O)CSC2=NC3(CCCCCC3)N=C2c2ccc(Br)cc2)cc1Cl. The molecule has 2 aromatic carbocycles. The summed E-state index contributed by atoms with van der Waals surface area (Å²) in [6.07, 6.45) is 6.67. The molecule has 8 heteroatoms. The van der Waals surface area contributed by atoms with Gasteiger partial charge >= 0.3 is 0 Å². The van der Waals surface area contributed by atoms with Crippen LogP contribution in [0.2, 0.25) is 5.02 Å². The highest BCUT2D eigenvalue weighted by atomic mass is 79.9. The number of nitrogens with zero attached hydrogens (tertiary/aromatic N) is 2. The Kier molecular flexibility index (Phi) is 7.59. The summed E-state index contributed by atoms with van der Waals surface area (Å²) in [7, 11) is 1.56. The molecule has 168 valence electrons. The van der Waals surface area contributed by atoms with Crippen LogP contribution in [0.4, 0.5) is 5.69 Å². The number of hydrogen-bond donors (Lipinski definition) is 1. The number of aliphatic imine (C=N–C) groups is 2. The lowest BCUT2D eigenvalue weighted by atomic mass is 10.0. The van der Waals surface area contributed by atoms with Crippen molar-refractivity contribution in [3.05, 3.63) is 57.5 Å². The van der Waals surface area contributed by atoms with Crippen molar-refractivity contribution in [2.24, 2.45) is 9.98 Å². The van der Waals surface area contributed by atoms with E-state index in [4.69, 9.17) is 26.3 Å². The Balaban J connectivity index is 1.49. The van der Waals surface area contributed by atoms with E-state index in [-0.39, 0.29) is 17.3 Å². The summed E-state index contributed by atoms with van der Waals surface area (Å²) in [6, 6.07) is 13.3. The molecule has 1 aliphatic heterocycles. The van der Waals surface area contributed by atoms with Gasteiger partial charge in [0.05, 0.1) is 23.6 Å². The Morgan fingerprint density at radius 1 is 1.12 bits per heavy atom. The molecule has 0 saturated heterocycles. The maximum Gasteiger partial charge on any atom is 0.234 e. The molecule has 0 aromatic heterocycles. The van der Waals surface area contributed by atoms with Gasteiger partial charge in [-0.05, 0) is 56.0 Å². The smallest absolute Gasteiger partial charge is 0.234 e. The fourth-order valence-electron chi connectivity index (χ4n) is 4.01. The summed E-state index contributed by atoms with van der Waals surface area (Å²) in [4.78, 5) is 22.8. The average Bonchev–Trinajstić information content (AvgIpc) is 2.97. The first-order valence-corrected chi connectivity index (χ1v) is 12.9. The standard InChI is InChI=1S/C24H25BrClN3O2S/c1-31-20-11-10-18(14-19(20)26)27-21(30)15-32-23-22(16-6-8-17(25)9-7-16)28-24(29-23)12-4-2-3-5-13-24/h6-11,14H,2-5,12-13,15H2,1H3,(H,27,30). The third kappa shape index (κ3) is 5.56. The molecule has 2 aliphatic rings. The number of nitrogens with one attached hydrogen (secondary N) is 1. The van der Waals surface area contributed by atoms with Crippen LogP contribution in [-0.4, -0.2) is 35.2 Å². The highest BCUT2D eigenvalue weighted by molar-refractivity contribution is 9.10. The van der Waals surface area contributed by atoms with Crippen molar-refractivity contribution in [2.75, 3.05) is 18.2 Å². The van der Waals surface area contributed by atoms with E-state index in [2.05, 4.69) is 21.2 Å². The van der Waals surface area contributed by atoms with Gasteiger partial charge in [-0.25, -0.2) is 4.99 Å². The molecule has 32 heavy (non-hydrogen) atoms. The molecule has 1 spiro atoms. The molecule has 1 heterocycles. The van der Waals surface area contributed by atoms with Crippen LogP contribution in [0, 0.1) is 0 Å². The van der Waals surface area contributed by atoms with Crippen molar-refractivity contribution >= 4 is 61.6 Å². The number of rotatable bonds is 5. The van der Waals surface area contributed by atoms with E-state index in [0.717, 1.165) is 46.5 Å². The molecule has 1 saturated carbocycles. The van der Waals surface area contributed by atoms with E-state index in [9.17, 15) is 4.79 Å². The fourth-order valence-corrected chi connectivity index (χ4v) is 5.41. The molecule has 1 amide bonds. The van der Waals surface area contributed by atoms with Crippen LogP contribution >= 0.6 is 39.3 Å². The second-order valence-electron chi connectivity index (χ2n) is 7.97. The number of hydrogen-bond acceptors (Lipinski definition) is 5. The first-order chi connectivity index (χ1) is 15.5. The van der Waals surface area contributed by atoms with Crippen LogP contribution in [-0.2, 0) is 4.79 Å². The predicted molar refractivity (Wildman–Crippen MR) is 138 cm³/mol. The molecule has 0 atom stereocenters. The molecule has 4 rings (SSSR count). The van der Waals surface area contributed by atoms with Gasteiger partial charge in [-0.15, -0.1) is 0 Å². The van der Waals surface area contributed by atoms with Gasteiger partial charge in [0.25, 0.3) is 0 Å². The number of anilines is 1. The Labute approximate surface area is 206 Å². The van der Waals surface area contributed by atoms with Crippen LogP contribution in [0.1, 0.15) is 44.1 Å². The molecule has 0 unspecified atom stereocenters. The molecular weight excluding hydrogens is 510 g/mol. The molecule has 0 bridgehead atoms. The van der Waals surface area contributed by atoms with E-state index in [1.807, 2.05) is 24.3 Å². The number of thioether (sulfide) groups is 1. The van der Waals surface area contributed by atoms with Crippen LogP contribution in [0.25, 0.3) is 0 Å². The van der Waals surface area contributed by atoms with Gasteiger partial charge in [0.15, 0.2) is 5.66 Å². The molecule has 5 nitrogen and oxygen atoms in total. The summed E-state index contributed by atoms with van der Waals surface area (Å²) in [5.74, 6) is 0.702. The van der Waals surface area contributed by atoms with Crippen LogP contribution < -0.4 is 10.1 Å². The zero-order valence-electron chi connectivity index (χ0n) is 17.9. The molecule has 1 N–H and O–H groups in total. The van der Waals surface area contributed by atoms with Gasteiger partial charge in [0.2, 0.25) is 5.91 Å². The van der Waals surface area contributed by atoms with E-state index < -0.39 is 0 Å². The van der Waals surface area contributed by atoms with Crippen LogP contribution in [0.3, 0.4) is 0 Å². The number of amides is 1. The lowest BCUT2D eigenvalue weighted by molar-refractivity contribution is -0.113. The number of carbonyl (C=O) groups is 1. The van der Waals surface area contributed by atoms with Gasteiger partial charge in [0.1, 0.15) is 10.8 Å². The highest BCUT2D eigenvalue weighted by Crippen LogP contribution is 2.38. The van der Waals surface area contributed by atoms with E-state index in [0.29, 0.717) is 16.5 Å². The number of carbonyl (C=O) groups excluding carboxylic acids is 1. The van der Waals surface area contributed by atoms with Gasteiger partial charge in [-0.2, -0.15) is 0 Å². The average molecular weight is 535 g/mol. The first kappa shape index (κ1) is 23.3. The lowest BCUT2D eigenvalue weighted by Gasteiger charge is -2.20. The zero-order valence-corrected chi connectivity index (χ0v) is 21.0. The number of ether oxygens (including phenoxy) is 1. The van der Waals surface area contributed by atoms with Crippen molar-refractivity contribution < 1.29 is 9.53 Å². The second kappa shape index (κ2) is 10.4. The Bertz CT molecular complexity index is 1050. The zero-order chi connectivity index (χ0) is 22.6. The summed E-state index contributed by atoms with van der Waals surface area (Å²) in [5.41, 5.74) is 2.19. The normalized spacial score (nSPS) is 17.5. The Hall–Kier alpha value is -1.83. The molecule has 0 radical (unpaired) electrons. The fraction of sp³-hybridized carbons (Fsp3) is 0.375. The van der Waals surface area contributed by atoms with Gasteiger partial charge in [0, 0.05) is 15.7 Å². The van der Waals surface area contributed by atoms with E-state index in [1.54, 1.807) is 25.3 Å². The topological polar surface area (TPSA) is 63.0 Å². The largest absolute Gasteiger partial charge is 0.495 e. The molecule has 1 fully saturated rings. The minimum Gasteiger partial charge on any atom is -0.495 e. The monoisotopic (exact) mass is 533 g/mol. The van der Waals surface area contributed by atoms with E-state index in [1.165, 1.54) is 24.6 Å². The number of methoxy groups -OCH3 is 1. The maximum absolute atomic E-state index is 12.6. The van der Waals surface area contributed by atoms with Crippen LogP contribution in [0.5, 0.6) is 5.75 Å². The predicted octanol–water partition coefficient (Wildman–Crippen LogP) is 6.73. The minimum absolute atomic E-state index is 0.115. The van der Waals surface area contributed by atoms with Crippen molar-refractivity contribution in [1.29, 1.82) is 0 Å². The Morgan fingerprint density at radius 3 is 2.50 bits per heavy atom. The van der Waals surface area contributed by atoms with Gasteiger partial charge < -0.3 is 10.1 Å². The summed E-state index contributed by atoms with van der Waals surface area (Å²) >= 11 is 11.1. The van der Waals surface area contributed by atoms with Crippen molar-refractivity contribution in [3.63, 3.8) is 0 Å². The second-order valence-corrected chi connectivity index (χ2v) is 10.3. The minimum atomic E-state index is -0.374. The van der Waals surface area contributed by atoms with Crippen LogP contribution in [0.15, 0.2) is 56.9 Å². The van der Waals surface area contributed by atoms with Crippen molar-refractivity contribution in [1.82, 2.24) is 0 Å². The first-order valence-electron chi connectivity index (χ1n) is 10.7. The number of halogens is 2. The summed E-state index contributed by atoms with van der Waals surface area (Å²) in [6.45, 7) is 0. The third-order valence-electron chi connectivity index (χ3n) is 5.63. The summed E-state index contributed by atoms with van der Waals surface area (Å²) in [5, 5.41) is 4.20. The third-order valence-corrected chi connectivity index (χ3v) is 7.42. The van der Waals surface area contributed by atoms with Crippen molar-refractivity contribution in [2.45, 2.75) is 44.2 Å². The summed E-state index contributed by atoms with van der Waals surface area (Å²) < 4.78 is 6.19. The molecule has 2 aromatic rings. The lowest BCUT2D eigenvalue weighted by Crippen LogP contribution is -2.20.